The molecule has 2 aromatic heterocycles. The highest BCUT2D eigenvalue weighted by atomic mass is 35.5. The molecule has 1 aliphatic heterocycles. The van der Waals surface area contributed by atoms with E-state index in [1.165, 1.54) is 0 Å². The Bertz CT molecular complexity index is 1830. The van der Waals surface area contributed by atoms with Crippen molar-refractivity contribution in [2.24, 2.45) is 17.6 Å². The SMILES string of the molecule is COc1nc(-c2cccc(-c3cccc(-c4cnc(CNC5CC(C(N)=O)C5)c(OC)n4)c3Cl)c2Cl)ccc1CCC[C@@H]1CNC(=O)C1. The van der Waals surface area contributed by atoms with Gasteiger partial charge >= 0.3 is 0 Å². The minimum atomic E-state index is -0.257. The fraction of sp³-hybridized carbons (Fsp3) is 0.361. The highest BCUT2D eigenvalue weighted by Crippen LogP contribution is 2.42. The number of benzene rings is 2. The molecule has 0 spiro atoms. The molecule has 4 N–H and O–H groups in total. The molecule has 12 heteroatoms. The zero-order valence-corrected chi connectivity index (χ0v) is 28.4. The summed E-state index contributed by atoms with van der Waals surface area (Å²) >= 11 is 14.1. The van der Waals surface area contributed by atoms with E-state index in [9.17, 15) is 9.59 Å². The van der Waals surface area contributed by atoms with Crippen LogP contribution in [0.15, 0.2) is 54.7 Å². The Balaban J connectivity index is 1.20. The van der Waals surface area contributed by atoms with Crippen molar-refractivity contribution < 1.29 is 19.1 Å². The van der Waals surface area contributed by atoms with Crippen LogP contribution in [0.25, 0.3) is 33.6 Å². The van der Waals surface area contributed by atoms with Crippen LogP contribution in [-0.2, 0) is 22.6 Å². The molecule has 3 heterocycles. The fourth-order valence-electron chi connectivity index (χ4n) is 6.38. The first-order valence-corrected chi connectivity index (χ1v) is 16.8. The topological polar surface area (TPSA) is 141 Å². The van der Waals surface area contributed by atoms with Gasteiger partial charge in [0.15, 0.2) is 0 Å². The van der Waals surface area contributed by atoms with Gasteiger partial charge in [0.05, 0.1) is 41.8 Å². The van der Waals surface area contributed by atoms with Crippen LogP contribution in [0.3, 0.4) is 0 Å². The largest absolute Gasteiger partial charge is 0.481 e. The van der Waals surface area contributed by atoms with Gasteiger partial charge in [-0.2, -0.15) is 0 Å². The Morgan fingerprint density at radius 2 is 1.58 bits per heavy atom. The third kappa shape index (κ3) is 7.26. The minimum absolute atomic E-state index is 0.0734. The molecule has 2 aliphatic rings. The zero-order chi connectivity index (χ0) is 33.8. The van der Waals surface area contributed by atoms with E-state index in [0.29, 0.717) is 76.2 Å². The van der Waals surface area contributed by atoms with Crippen molar-refractivity contribution >= 4 is 35.0 Å². The first kappa shape index (κ1) is 33.6. The molecule has 6 rings (SSSR count). The number of methoxy groups -OCH3 is 2. The second-order valence-electron chi connectivity index (χ2n) is 12.3. The second kappa shape index (κ2) is 14.9. The fourth-order valence-corrected chi connectivity index (χ4v) is 7.03. The molecule has 4 aromatic rings. The summed E-state index contributed by atoms with van der Waals surface area (Å²) in [6.45, 7) is 1.20. The van der Waals surface area contributed by atoms with Gasteiger partial charge in [-0.3, -0.25) is 14.6 Å². The summed E-state index contributed by atoms with van der Waals surface area (Å²) < 4.78 is 11.3. The molecule has 2 fully saturated rings. The summed E-state index contributed by atoms with van der Waals surface area (Å²) in [4.78, 5) is 37.0. The number of nitrogens with zero attached hydrogens (tertiary/aromatic N) is 3. The molecule has 48 heavy (non-hydrogen) atoms. The van der Waals surface area contributed by atoms with Gasteiger partial charge in [-0.25, -0.2) is 9.97 Å². The number of halogens is 2. The van der Waals surface area contributed by atoms with Crippen LogP contribution in [0.5, 0.6) is 11.8 Å². The molecule has 1 aliphatic carbocycles. The Morgan fingerprint density at radius 3 is 2.21 bits per heavy atom. The Morgan fingerprint density at radius 1 is 0.938 bits per heavy atom. The van der Waals surface area contributed by atoms with Crippen LogP contribution in [0.1, 0.15) is 43.4 Å². The number of aryl methyl sites for hydroxylation is 1. The Kier molecular flexibility index (Phi) is 10.4. The highest BCUT2D eigenvalue weighted by Gasteiger charge is 2.33. The predicted molar refractivity (Wildman–Crippen MR) is 186 cm³/mol. The Hall–Kier alpha value is -4.25. The average molecular weight is 690 g/mol. The molecule has 0 radical (unpaired) electrons. The molecule has 250 valence electrons. The number of nitrogens with one attached hydrogen (secondary N) is 2. The second-order valence-corrected chi connectivity index (χ2v) is 13.1. The molecule has 2 aromatic carbocycles. The van der Waals surface area contributed by atoms with E-state index < -0.39 is 0 Å². The normalized spacial score (nSPS) is 18.7. The standard InChI is InChI=1S/C36H38Cl2N6O4/c1-47-35-21(7-3-6-20-14-31(45)42-17-20)12-13-28(43-35)26-10-4-8-24(32(26)37)25-9-5-11-27(33(25)38)29-18-41-30(36(44-29)48-2)19-40-23-15-22(16-23)34(39)46/h4-5,8-13,18,20,22-23,40H,3,6-7,14-17,19H2,1-2H3,(H2,39,46)(H,42,45)/t20-,22?,23?/m0/s1. The molecule has 2 amide bonds. The van der Waals surface area contributed by atoms with Crippen LogP contribution < -0.4 is 25.8 Å². The van der Waals surface area contributed by atoms with Crippen molar-refractivity contribution in [1.29, 1.82) is 0 Å². The molecule has 10 nitrogen and oxygen atoms in total. The van der Waals surface area contributed by atoms with Crippen LogP contribution in [0.2, 0.25) is 10.0 Å². The first-order valence-electron chi connectivity index (χ1n) is 16.1. The highest BCUT2D eigenvalue weighted by molar-refractivity contribution is 6.39. The summed E-state index contributed by atoms with van der Waals surface area (Å²) in [5.41, 5.74) is 11.2. The molecular weight excluding hydrogens is 651 g/mol. The average Bonchev–Trinajstić information content (AvgIpc) is 3.49. The number of primary amides is 1. The van der Waals surface area contributed by atoms with Gasteiger partial charge in [-0.1, -0.05) is 65.7 Å². The molecule has 1 saturated carbocycles. The number of rotatable bonds is 13. The number of pyridine rings is 1. The summed E-state index contributed by atoms with van der Waals surface area (Å²) in [6.07, 6.45) is 6.43. The van der Waals surface area contributed by atoms with Crippen molar-refractivity contribution in [3.05, 3.63) is 76.0 Å². The van der Waals surface area contributed by atoms with Crippen molar-refractivity contribution in [1.82, 2.24) is 25.6 Å². The molecule has 1 saturated heterocycles. The predicted octanol–water partition coefficient (Wildman–Crippen LogP) is 6.01. The van der Waals surface area contributed by atoms with E-state index in [4.69, 9.17) is 48.4 Å². The van der Waals surface area contributed by atoms with Gasteiger partial charge in [0, 0.05) is 59.3 Å². The lowest BCUT2D eigenvalue weighted by Crippen LogP contribution is -2.46. The van der Waals surface area contributed by atoms with E-state index in [2.05, 4.69) is 15.6 Å². The number of carbonyl (C=O) groups excluding carboxylic acids is 2. The van der Waals surface area contributed by atoms with Crippen molar-refractivity contribution in [3.63, 3.8) is 0 Å². The summed E-state index contributed by atoms with van der Waals surface area (Å²) in [7, 11) is 3.18. The maximum Gasteiger partial charge on any atom is 0.237 e. The van der Waals surface area contributed by atoms with Crippen LogP contribution >= 0.6 is 23.2 Å². The smallest absolute Gasteiger partial charge is 0.237 e. The van der Waals surface area contributed by atoms with Crippen molar-refractivity contribution in [2.75, 3.05) is 20.8 Å². The Labute approximate surface area is 289 Å². The van der Waals surface area contributed by atoms with E-state index in [0.717, 1.165) is 48.1 Å². The summed E-state index contributed by atoms with van der Waals surface area (Å²) in [5, 5.41) is 7.29. The van der Waals surface area contributed by atoms with Crippen molar-refractivity contribution in [3.8, 4) is 45.4 Å². The lowest BCUT2D eigenvalue weighted by Gasteiger charge is -2.33. The van der Waals surface area contributed by atoms with Crippen LogP contribution in [-0.4, -0.2) is 53.6 Å². The third-order valence-electron chi connectivity index (χ3n) is 9.20. The number of amides is 2. The first-order chi connectivity index (χ1) is 23.2. The third-order valence-corrected chi connectivity index (χ3v) is 10.0. The van der Waals surface area contributed by atoms with E-state index in [-0.39, 0.29) is 23.8 Å². The van der Waals surface area contributed by atoms with E-state index in [1.54, 1.807) is 20.4 Å². The number of hydrogen-bond donors (Lipinski definition) is 3. The van der Waals surface area contributed by atoms with E-state index in [1.807, 2.05) is 48.5 Å². The van der Waals surface area contributed by atoms with Gasteiger partial charge in [0.25, 0.3) is 0 Å². The van der Waals surface area contributed by atoms with E-state index >= 15 is 0 Å². The molecule has 0 unspecified atom stereocenters. The van der Waals surface area contributed by atoms with Gasteiger partial charge < -0.3 is 25.8 Å². The molecule has 0 bridgehead atoms. The summed E-state index contributed by atoms with van der Waals surface area (Å²) in [5.74, 6) is 1.14. The van der Waals surface area contributed by atoms with Crippen LogP contribution in [0, 0.1) is 11.8 Å². The zero-order valence-electron chi connectivity index (χ0n) is 26.9. The quantitative estimate of drug-likeness (QED) is 0.155. The van der Waals surface area contributed by atoms with Gasteiger partial charge in [0.2, 0.25) is 23.6 Å². The maximum atomic E-state index is 11.5. The van der Waals surface area contributed by atoms with Crippen molar-refractivity contribution in [2.45, 2.75) is 51.1 Å². The minimum Gasteiger partial charge on any atom is -0.481 e. The number of carbonyl (C=O) groups is 2. The molecule has 1 atom stereocenters. The summed E-state index contributed by atoms with van der Waals surface area (Å²) in [6, 6.07) is 15.7. The van der Waals surface area contributed by atoms with Crippen LogP contribution in [0.4, 0.5) is 0 Å². The number of hydrogen-bond acceptors (Lipinski definition) is 8. The number of nitrogens with two attached hydrogens (primary N) is 1. The lowest BCUT2D eigenvalue weighted by atomic mass is 9.80. The number of ether oxygens (including phenoxy) is 2. The van der Waals surface area contributed by atoms with Gasteiger partial charge in [-0.15, -0.1) is 0 Å². The number of aromatic nitrogens is 3. The van der Waals surface area contributed by atoms with Gasteiger partial charge in [0.1, 0.15) is 5.69 Å². The monoisotopic (exact) mass is 688 g/mol. The van der Waals surface area contributed by atoms with Gasteiger partial charge in [-0.05, 0) is 44.1 Å². The maximum absolute atomic E-state index is 11.5. The molecular formula is C36H38Cl2N6O4. The lowest BCUT2D eigenvalue weighted by molar-refractivity contribution is -0.125.